The zero-order valence-corrected chi connectivity index (χ0v) is 19.3. The van der Waals surface area contributed by atoms with E-state index < -0.39 is 4.92 Å². The fourth-order valence-electron chi connectivity index (χ4n) is 4.63. The highest BCUT2D eigenvalue weighted by Crippen LogP contribution is 2.32. The highest BCUT2D eigenvalue weighted by atomic mass is 35.5. The number of hydrogen-bond acceptors (Lipinski definition) is 6. The summed E-state index contributed by atoms with van der Waals surface area (Å²) in [5, 5.41) is 12.1. The maximum atomic E-state index is 13.0. The van der Waals surface area contributed by atoms with Crippen LogP contribution in [0.5, 0.6) is 0 Å². The second-order valence-electron chi connectivity index (χ2n) is 8.35. The zero-order chi connectivity index (χ0) is 25.0. The van der Waals surface area contributed by atoms with Crippen molar-refractivity contribution < 1.29 is 14.5 Å². The molecule has 0 spiro atoms. The molecule has 9 nitrogen and oxygen atoms in total. The Morgan fingerprint density at radius 3 is 2.25 bits per heavy atom. The van der Waals surface area contributed by atoms with Gasteiger partial charge in [0.2, 0.25) is 0 Å². The summed E-state index contributed by atoms with van der Waals surface area (Å²) in [6.45, 7) is 0.155. The maximum absolute atomic E-state index is 13.0. The number of hydrogen-bond donors (Lipinski definition) is 0. The lowest BCUT2D eigenvalue weighted by Crippen LogP contribution is -2.30. The van der Waals surface area contributed by atoms with E-state index in [2.05, 4.69) is 4.98 Å². The van der Waals surface area contributed by atoms with Gasteiger partial charge in [-0.25, -0.2) is 4.98 Å². The van der Waals surface area contributed by atoms with E-state index in [0.29, 0.717) is 50.2 Å². The zero-order valence-electron chi connectivity index (χ0n) is 18.6. The molecule has 0 fully saturated rings. The van der Waals surface area contributed by atoms with E-state index in [4.69, 9.17) is 16.6 Å². The summed E-state index contributed by atoms with van der Waals surface area (Å²) < 4.78 is 1.80. The monoisotopic (exact) mass is 497 g/mol. The molecule has 2 aliphatic heterocycles. The van der Waals surface area contributed by atoms with E-state index >= 15 is 0 Å². The van der Waals surface area contributed by atoms with Gasteiger partial charge in [-0.15, -0.1) is 0 Å². The van der Waals surface area contributed by atoms with E-state index in [9.17, 15) is 19.7 Å². The Hall–Kier alpha value is -4.63. The fraction of sp³-hybridized carbons (Fsp3) is 0.0769. The van der Waals surface area contributed by atoms with Crippen molar-refractivity contribution in [2.24, 2.45) is 4.99 Å². The Morgan fingerprint density at radius 2 is 1.58 bits per heavy atom. The van der Waals surface area contributed by atoms with Gasteiger partial charge in [0, 0.05) is 28.3 Å². The lowest BCUT2D eigenvalue weighted by Gasteiger charge is -2.18. The number of nitro benzene ring substituents is 1. The van der Waals surface area contributed by atoms with Crippen LogP contribution in [-0.2, 0) is 13.1 Å². The van der Waals surface area contributed by atoms with Crippen LogP contribution in [-0.4, -0.2) is 36.9 Å². The number of fused-ring (bicyclic) bond motifs is 4. The second kappa shape index (κ2) is 8.24. The predicted octanol–water partition coefficient (Wildman–Crippen LogP) is 4.58. The summed E-state index contributed by atoms with van der Waals surface area (Å²) in [6.07, 6.45) is 1.60. The summed E-state index contributed by atoms with van der Waals surface area (Å²) in [7, 11) is 0. The van der Waals surface area contributed by atoms with Crippen LogP contribution < -0.4 is 0 Å². The summed E-state index contributed by atoms with van der Waals surface area (Å²) in [6, 6.07) is 18.3. The van der Waals surface area contributed by atoms with Crippen molar-refractivity contribution in [1.29, 1.82) is 0 Å². The van der Waals surface area contributed by atoms with E-state index in [1.54, 1.807) is 59.3 Å². The van der Waals surface area contributed by atoms with Crippen molar-refractivity contribution in [3.05, 3.63) is 122 Å². The van der Waals surface area contributed by atoms with Crippen LogP contribution in [0.3, 0.4) is 0 Å². The largest absolute Gasteiger partial charge is 0.297 e. The number of carbonyl (C=O) groups is 2. The standard InChI is InChI=1S/C26H16ClN5O4/c27-21-8-4-3-7-19(21)24-20-11-15(32(35)36)9-10-22(20)31-16(12-28-23(31)13-29-24)14-30-25(33)17-5-1-2-6-18(17)26(30)34/h1-12H,13-14H2. The molecule has 0 atom stereocenters. The molecule has 2 aliphatic rings. The number of aromatic nitrogens is 2. The lowest BCUT2D eigenvalue weighted by molar-refractivity contribution is -0.384. The van der Waals surface area contributed by atoms with E-state index in [0.717, 1.165) is 0 Å². The molecule has 4 aromatic rings. The Balaban J connectivity index is 1.48. The smallest absolute Gasteiger partial charge is 0.270 e. The van der Waals surface area contributed by atoms with E-state index in [1.807, 2.05) is 6.07 Å². The Morgan fingerprint density at radius 1 is 0.917 bits per heavy atom. The first kappa shape index (κ1) is 21.9. The van der Waals surface area contributed by atoms with Crippen LogP contribution in [0.4, 0.5) is 5.69 Å². The first-order valence-electron chi connectivity index (χ1n) is 11.0. The van der Waals surface area contributed by atoms with Gasteiger partial charge in [-0.2, -0.15) is 0 Å². The molecule has 0 radical (unpaired) electrons. The van der Waals surface area contributed by atoms with Gasteiger partial charge in [0.05, 0.1) is 52.4 Å². The van der Waals surface area contributed by atoms with Crippen LogP contribution in [0.1, 0.15) is 43.4 Å². The quantitative estimate of drug-likeness (QED) is 0.233. The van der Waals surface area contributed by atoms with E-state index in [1.165, 1.54) is 17.0 Å². The number of benzene rings is 3. The molecule has 10 heteroatoms. The van der Waals surface area contributed by atoms with Gasteiger partial charge in [-0.3, -0.25) is 34.2 Å². The molecule has 36 heavy (non-hydrogen) atoms. The minimum atomic E-state index is -0.468. The van der Waals surface area contributed by atoms with Gasteiger partial charge in [-0.05, 0) is 24.3 Å². The molecule has 0 saturated carbocycles. The highest BCUT2D eigenvalue weighted by Gasteiger charge is 2.36. The molecule has 0 saturated heterocycles. The lowest BCUT2D eigenvalue weighted by atomic mass is 9.99. The van der Waals surface area contributed by atoms with Gasteiger partial charge >= 0.3 is 0 Å². The van der Waals surface area contributed by atoms with Crippen LogP contribution in [0, 0.1) is 10.1 Å². The molecule has 0 bridgehead atoms. The maximum Gasteiger partial charge on any atom is 0.270 e. The first-order valence-corrected chi connectivity index (χ1v) is 11.4. The van der Waals surface area contributed by atoms with Gasteiger partial charge in [0.15, 0.2) is 0 Å². The summed E-state index contributed by atoms with van der Waals surface area (Å²) in [4.78, 5) is 47.5. The minimum absolute atomic E-state index is 0.0167. The molecule has 3 aromatic carbocycles. The van der Waals surface area contributed by atoms with Gasteiger partial charge in [0.1, 0.15) is 5.82 Å². The minimum Gasteiger partial charge on any atom is -0.297 e. The summed E-state index contributed by atoms with van der Waals surface area (Å²) >= 11 is 6.47. The molecule has 0 N–H and O–H groups in total. The molecule has 1 aromatic heterocycles. The summed E-state index contributed by atoms with van der Waals surface area (Å²) in [5.74, 6) is -0.188. The molecular weight excluding hydrogens is 482 g/mol. The van der Waals surface area contributed by atoms with Crippen molar-refractivity contribution in [2.75, 3.05) is 0 Å². The van der Waals surface area contributed by atoms with Crippen LogP contribution in [0.25, 0.3) is 5.69 Å². The molecule has 176 valence electrons. The number of carbonyl (C=O) groups excluding carboxylic acids is 2. The summed E-state index contributed by atoms with van der Waals surface area (Å²) in [5.41, 5.74) is 3.42. The van der Waals surface area contributed by atoms with Crippen LogP contribution >= 0.6 is 11.6 Å². The Labute approximate surface area is 209 Å². The number of imidazole rings is 1. The Bertz CT molecular complexity index is 1610. The number of imide groups is 1. The van der Waals surface area contributed by atoms with E-state index in [-0.39, 0.29) is 30.6 Å². The fourth-order valence-corrected chi connectivity index (χ4v) is 4.86. The van der Waals surface area contributed by atoms with Gasteiger partial charge in [0.25, 0.3) is 17.5 Å². The van der Waals surface area contributed by atoms with Gasteiger partial charge in [-0.1, -0.05) is 41.9 Å². The number of nitro groups is 1. The number of nitrogens with zero attached hydrogens (tertiary/aromatic N) is 5. The average molecular weight is 498 g/mol. The molecule has 6 rings (SSSR count). The van der Waals surface area contributed by atoms with Crippen molar-refractivity contribution in [2.45, 2.75) is 13.1 Å². The number of aliphatic imine (C=N–C) groups is 1. The van der Waals surface area contributed by atoms with Gasteiger partial charge < -0.3 is 0 Å². The number of rotatable bonds is 4. The molecule has 2 amide bonds. The Kier molecular flexibility index (Phi) is 5.01. The molecule has 0 aliphatic carbocycles. The number of non-ortho nitro benzene ring substituents is 1. The average Bonchev–Trinajstić information content (AvgIpc) is 3.33. The van der Waals surface area contributed by atoms with Crippen LogP contribution in [0.15, 0.2) is 77.9 Å². The second-order valence-corrected chi connectivity index (χ2v) is 8.75. The number of amides is 2. The van der Waals surface area contributed by atoms with Crippen molar-refractivity contribution in [3.63, 3.8) is 0 Å². The normalized spacial score (nSPS) is 14.1. The third-order valence-electron chi connectivity index (χ3n) is 6.30. The third-order valence-corrected chi connectivity index (χ3v) is 6.63. The van der Waals surface area contributed by atoms with Crippen molar-refractivity contribution in [3.8, 4) is 5.69 Å². The SMILES string of the molecule is O=C1c2ccccc2C(=O)N1Cc1cnc2n1-c1ccc([N+](=O)[O-])cc1C(c1ccccc1Cl)=NC2. The number of halogens is 1. The van der Waals surface area contributed by atoms with Crippen molar-refractivity contribution in [1.82, 2.24) is 14.5 Å². The third kappa shape index (κ3) is 3.32. The first-order chi connectivity index (χ1) is 17.4. The van der Waals surface area contributed by atoms with Crippen molar-refractivity contribution >= 4 is 34.8 Å². The predicted molar refractivity (Wildman–Crippen MR) is 132 cm³/mol. The molecule has 3 heterocycles. The molecule has 0 unspecified atom stereocenters. The highest BCUT2D eigenvalue weighted by molar-refractivity contribution is 6.35. The molecular formula is C26H16ClN5O4. The van der Waals surface area contributed by atoms with Crippen LogP contribution in [0.2, 0.25) is 5.02 Å². The topological polar surface area (TPSA) is 111 Å².